The van der Waals surface area contributed by atoms with E-state index < -0.39 is 29.2 Å². The van der Waals surface area contributed by atoms with Gasteiger partial charge in [0, 0.05) is 28.8 Å². The van der Waals surface area contributed by atoms with Gasteiger partial charge >= 0.3 is 0 Å². The van der Waals surface area contributed by atoms with E-state index in [1.165, 1.54) is 23.3 Å². The average Bonchev–Trinajstić information content (AvgIpc) is 3.57. The molecule has 14 nitrogen and oxygen atoms in total. The van der Waals surface area contributed by atoms with Crippen molar-refractivity contribution in [1.29, 1.82) is 0 Å². The molecule has 2 aliphatic rings. The molecule has 2 amide bonds. The Morgan fingerprint density at radius 2 is 2.16 bits per heavy atom. The number of amides is 2. The van der Waals surface area contributed by atoms with Gasteiger partial charge in [-0.2, -0.15) is 15.4 Å². The first-order valence-corrected chi connectivity index (χ1v) is 12.7. The molecule has 0 saturated carbocycles. The van der Waals surface area contributed by atoms with Gasteiger partial charge in [0.15, 0.2) is 36.4 Å². The van der Waals surface area contributed by atoms with Crippen molar-refractivity contribution >= 4 is 51.7 Å². The Morgan fingerprint density at radius 3 is 2.84 bits per heavy atom. The number of carbonyl (C=O) groups excluding carboxylic acids is 3. The first-order valence-electron chi connectivity index (χ1n) is 10.8. The minimum atomic E-state index is -1.45. The Labute approximate surface area is 217 Å². The summed E-state index contributed by atoms with van der Waals surface area (Å²) < 4.78 is 1.81. The van der Waals surface area contributed by atoms with Gasteiger partial charge in [0.1, 0.15) is 22.8 Å². The van der Waals surface area contributed by atoms with E-state index >= 15 is 0 Å². The zero-order chi connectivity index (χ0) is 25.9. The Hall–Kier alpha value is -4.31. The topological polar surface area (TPSA) is 195 Å². The molecule has 0 spiro atoms. The standard InChI is InChI=1S/C21H19N9O5S2/c22-21-24-13(10-37-21)14(27-35-8-12-6-23-28-26-12)17(31)25-15-18(32)30-16(20(33)34)11(9-36-19(15)30)7-29-4-2-1-3-5-29/h1-6,10,15,19H,7-9H2,(H4-,22,23,24,25,26,28,31,33,34)/t15-,19+/m1/s1. The molecular formula is C21H19N9O5S2. The number of nitrogens with zero attached hydrogens (tertiary/aromatic N) is 6. The number of fused-ring (bicyclic) bond motifs is 1. The Morgan fingerprint density at radius 1 is 1.35 bits per heavy atom. The zero-order valence-electron chi connectivity index (χ0n) is 18.9. The number of H-pyrrole nitrogens is 1. The minimum Gasteiger partial charge on any atom is -0.543 e. The van der Waals surface area contributed by atoms with Gasteiger partial charge in [-0.05, 0) is 0 Å². The average molecular weight is 542 g/mol. The van der Waals surface area contributed by atoms with Crippen molar-refractivity contribution in [1.82, 2.24) is 30.6 Å². The number of carboxylic acids is 1. The van der Waals surface area contributed by atoms with E-state index in [4.69, 9.17) is 10.6 Å². The number of aromatic nitrogens is 5. The zero-order valence-corrected chi connectivity index (χ0v) is 20.6. The van der Waals surface area contributed by atoms with E-state index in [1.807, 2.05) is 22.8 Å². The molecule has 190 valence electrons. The number of hydrogen-bond donors (Lipinski definition) is 3. The predicted octanol–water partition coefficient (Wildman–Crippen LogP) is -1.84. The third-order valence-electron chi connectivity index (χ3n) is 5.49. The highest BCUT2D eigenvalue weighted by atomic mass is 32.2. The van der Waals surface area contributed by atoms with Gasteiger partial charge in [-0.3, -0.25) is 14.5 Å². The van der Waals surface area contributed by atoms with E-state index in [2.05, 4.69) is 30.9 Å². The number of thiazole rings is 1. The van der Waals surface area contributed by atoms with Gasteiger partial charge < -0.3 is 25.8 Å². The summed E-state index contributed by atoms with van der Waals surface area (Å²) in [5, 5.41) is 29.6. The SMILES string of the molecule is Nc1nc(C(=NOCc2cn[nH]n2)C(=O)N[C@@H]2C(=O)N3C(C(=O)[O-])=C(C[n+]4ccccc4)CS[C@@H]23)cs1. The molecule has 4 N–H and O–H groups in total. The second-order valence-electron chi connectivity index (χ2n) is 7.89. The van der Waals surface area contributed by atoms with Crippen molar-refractivity contribution < 1.29 is 28.9 Å². The molecule has 0 unspecified atom stereocenters. The second kappa shape index (κ2) is 10.4. The van der Waals surface area contributed by atoms with Crippen molar-refractivity contribution in [2.75, 3.05) is 11.5 Å². The van der Waals surface area contributed by atoms with Crippen molar-refractivity contribution in [2.24, 2.45) is 5.16 Å². The summed E-state index contributed by atoms with van der Waals surface area (Å²) in [4.78, 5) is 48.6. The van der Waals surface area contributed by atoms with Crippen LogP contribution in [0, 0.1) is 0 Å². The third-order valence-corrected chi connectivity index (χ3v) is 7.50. The molecule has 0 aliphatic carbocycles. The summed E-state index contributed by atoms with van der Waals surface area (Å²) in [6, 6.07) is 4.51. The molecule has 37 heavy (non-hydrogen) atoms. The van der Waals surface area contributed by atoms with Crippen LogP contribution in [0.2, 0.25) is 0 Å². The molecule has 5 heterocycles. The summed E-state index contributed by atoms with van der Waals surface area (Å²) in [7, 11) is 0. The number of nitrogen functional groups attached to an aromatic ring is 1. The molecular weight excluding hydrogens is 522 g/mol. The lowest BCUT2D eigenvalue weighted by atomic mass is 10.0. The fraction of sp³-hybridized carbons (Fsp3) is 0.238. The molecule has 2 aliphatic heterocycles. The van der Waals surface area contributed by atoms with Crippen LogP contribution < -0.4 is 20.7 Å². The van der Waals surface area contributed by atoms with Crippen LogP contribution in [0.5, 0.6) is 0 Å². The van der Waals surface area contributed by atoms with Crippen molar-refractivity contribution in [2.45, 2.75) is 24.6 Å². The van der Waals surface area contributed by atoms with Gasteiger partial charge in [0.05, 0.1) is 17.9 Å². The van der Waals surface area contributed by atoms with Crippen molar-refractivity contribution in [3.05, 3.63) is 64.8 Å². The number of nitrogens with one attached hydrogen (secondary N) is 2. The van der Waals surface area contributed by atoms with Crippen LogP contribution in [-0.2, 0) is 32.4 Å². The maximum Gasteiger partial charge on any atom is 0.276 e. The molecule has 1 fully saturated rings. The number of oxime groups is 1. The lowest BCUT2D eigenvalue weighted by Crippen LogP contribution is -2.71. The first kappa shape index (κ1) is 24.4. The van der Waals surface area contributed by atoms with Crippen LogP contribution in [0.15, 0.2) is 58.6 Å². The van der Waals surface area contributed by atoms with E-state index in [1.54, 1.807) is 12.4 Å². The molecule has 3 aromatic heterocycles. The highest BCUT2D eigenvalue weighted by Crippen LogP contribution is 2.40. The largest absolute Gasteiger partial charge is 0.543 e. The van der Waals surface area contributed by atoms with Gasteiger partial charge in [-0.25, -0.2) is 9.55 Å². The number of hydrogen-bond acceptors (Lipinski definition) is 12. The number of anilines is 1. The molecule has 16 heteroatoms. The molecule has 0 radical (unpaired) electrons. The third kappa shape index (κ3) is 5.01. The van der Waals surface area contributed by atoms with Gasteiger partial charge in [0.25, 0.3) is 11.8 Å². The van der Waals surface area contributed by atoms with Crippen LogP contribution in [0.25, 0.3) is 0 Å². The van der Waals surface area contributed by atoms with Crippen LogP contribution in [0.1, 0.15) is 11.4 Å². The number of carbonyl (C=O) groups is 3. The number of carboxylic acid groups (broad SMARTS) is 1. The summed E-state index contributed by atoms with van der Waals surface area (Å²) in [5.74, 6) is -2.40. The lowest BCUT2D eigenvalue weighted by Gasteiger charge is -2.50. The minimum absolute atomic E-state index is 0.0660. The summed E-state index contributed by atoms with van der Waals surface area (Å²) in [6.45, 7) is 0.221. The smallest absolute Gasteiger partial charge is 0.276 e. The number of pyridine rings is 1. The molecule has 1 saturated heterocycles. The van der Waals surface area contributed by atoms with Crippen LogP contribution in [0.4, 0.5) is 5.13 Å². The summed E-state index contributed by atoms with van der Waals surface area (Å²) in [6.07, 6.45) is 5.04. The molecule has 0 bridgehead atoms. The van der Waals surface area contributed by atoms with E-state index in [-0.39, 0.29) is 35.4 Å². The first-order chi connectivity index (χ1) is 17.9. The Bertz CT molecular complexity index is 1390. The van der Waals surface area contributed by atoms with Crippen LogP contribution in [-0.4, -0.2) is 66.0 Å². The fourth-order valence-corrected chi connectivity index (χ4v) is 5.70. The Balaban J connectivity index is 1.32. The van der Waals surface area contributed by atoms with Crippen molar-refractivity contribution in [3.8, 4) is 0 Å². The summed E-state index contributed by atoms with van der Waals surface area (Å²) >= 11 is 2.45. The van der Waals surface area contributed by atoms with E-state index in [0.717, 1.165) is 16.2 Å². The van der Waals surface area contributed by atoms with E-state index in [9.17, 15) is 19.5 Å². The number of nitrogens with two attached hydrogens (primary N) is 1. The normalized spacial score (nSPS) is 19.3. The van der Waals surface area contributed by atoms with Gasteiger partial charge in [0.2, 0.25) is 0 Å². The van der Waals surface area contributed by atoms with Crippen LogP contribution >= 0.6 is 23.1 Å². The number of rotatable bonds is 9. The second-order valence-corrected chi connectivity index (χ2v) is 9.89. The highest BCUT2D eigenvalue weighted by molar-refractivity contribution is 8.00. The molecule has 0 aromatic carbocycles. The quantitative estimate of drug-likeness (QED) is 0.120. The predicted molar refractivity (Wildman–Crippen MR) is 128 cm³/mol. The van der Waals surface area contributed by atoms with Crippen LogP contribution in [0.3, 0.4) is 0 Å². The van der Waals surface area contributed by atoms with Gasteiger partial charge in [-0.15, -0.1) is 23.1 Å². The number of aromatic amines is 1. The molecule has 5 rings (SSSR count). The van der Waals surface area contributed by atoms with E-state index in [0.29, 0.717) is 17.0 Å². The summed E-state index contributed by atoms with van der Waals surface area (Å²) in [5.41, 5.74) is 6.50. The lowest BCUT2D eigenvalue weighted by molar-refractivity contribution is -0.689. The van der Waals surface area contributed by atoms with Crippen molar-refractivity contribution in [3.63, 3.8) is 0 Å². The molecule has 3 aromatic rings. The monoisotopic (exact) mass is 541 g/mol. The number of aliphatic carboxylic acids is 1. The maximum absolute atomic E-state index is 13.1. The molecule has 2 atom stereocenters. The van der Waals surface area contributed by atoms with Gasteiger partial charge in [-0.1, -0.05) is 11.2 Å². The number of thioether (sulfide) groups is 1. The highest BCUT2D eigenvalue weighted by Gasteiger charge is 2.53. The maximum atomic E-state index is 13.1. The fourth-order valence-electron chi connectivity index (χ4n) is 3.82. The Kier molecular flexibility index (Phi) is 6.82. The number of β-lactam (4-membered cyclic amide) rings is 1.